The van der Waals surface area contributed by atoms with Crippen molar-refractivity contribution in [3.63, 3.8) is 0 Å². The summed E-state index contributed by atoms with van der Waals surface area (Å²) in [5, 5.41) is 17.7. The van der Waals surface area contributed by atoms with Crippen LogP contribution in [0.4, 0.5) is 0 Å². The third-order valence-corrected chi connectivity index (χ3v) is 2.98. The van der Waals surface area contributed by atoms with Gasteiger partial charge in [0.15, 0.2) is 4.87 Å². The lowest BCUT2D eigenvalue weighted by molar-refractivity contribution is -0.146. The first-order valence-corrected chi connectivity index (χ1v) is 5.41. The maximum Gasteiger partial charge on any atom is 0.325 e. The summed E-state index contributed by atoms with van der Waals surface area (Å²) in [6, 6.07) is 7.17. The SMILES string of the molecule is Cc1ccccc1CC(Cl)(CC(=O)O)C(=O)O. The summed E-state index contributed by atoms with van der Waals surface area (Å²) in [5.74, 6) is -2.54. The molecule has 0 heterocycles. The van der Waals surface area contributed by atoms with Crippen molar-refractivity contribution in [3.05, 3.63) is 35.4 Å². The van der Waals surface area contributed by atoms with Crippen molar-refractivity contribution >= 4 is 23.5 Å². The predicted molar refractivity (Wildman–Crippen MR) is 63.4 cm³/mol. The van der Waals surface area contributed by atoms with Crippen LogP contribution in [0.5, 0.6) is 0 Å². The van der Waals surface area contributed by atoms with Crippen molar-refractivity contribution in [2.45, 2.75) is 24.6 Å². The number of carboxylic acids is 2. The number of hydrogen-bond acceptors (Lipinski definition) is 2. The molecule has 0 fully saturated rings. The fourth-order valence-corrected chi connectivity index (χ4v) is 1.82. The molecule has 0 amide bonds. The van der Waals surface area contributed by atoms with Crippen LogP contribution in [0.3, 0.4) is 0 Å². The minimum Gasteiger partial charge on any atom is -0.481 e. The van der Waals surface area contributed by atoms with Gasteiger partial charge in [0.1, 0.15) is 0 Å². The summed E-state index contributed by atoms with van der Waals surface area (Å²) in [5.41, 5.74) is 1.63. The minimum atomic E-state index is -1.79. The molecule has 0 spiro atoms. The van der Waals surface area contributed by atoms with Crippen LogP contribution in [0.25, 0.3) is 0 Å². The zero-order valence-corrected chi connectivity index (χ0v) is 10.1. The molecule has 1 rings (SSSR count). The van der Waals surface area contributed by atoms with Crippen molar-refractivity contribution in [1.29, 1.82) is 0 Å². The van der Waals surface area contributed by atoms with Crippen LogP contribution in [0.15, 0.2) is 24.3 Å². The Morgan fingerprint density at radius 3 is 2.35 bits per heavy atom. The molecule has 0 aliphatic heterocycles. The first-order chi connectivity index (χ1) is 7.85. The average Bonchev–Trinajstić information content (AvgIpc) is 2.20. The normalized spacial score (nSPS) is 14.0. The maximum absolute atomic E-state index is 11.1. The van der Waals surface area contributed by atoms with E-state index in [1.165, 1.54) is 0 Å². The van der Waals surface area contributed by atoms with Gasteiger partial charge in [-0.3, -0.25) is 9.59 Å². The molecule has 92 valence electrons. The van der Waals surface area contributed by atoms with Crippen molar-refractivity contribution in [1.82, 2.24) is 0 Å². The van der Waals surface area contributed by atoms with Gasteiger partial charge in [0.05, 0.1) is 6.42 Å². The molecule has 4 nitrogen and oxygen atoms in total. The summed E-state index contributed by atoms with van der Waals surface area (Å²) < 4.78 is 0. The number of rotatable bonds is 5. The van der Waals surface area contributed by atoms with Gasteiger partial charge in [-0.25, -0.2) is 0 Å². The lowest BCUT2D eigenvalue weighted by atomic mass is 9.93. The zero-order chi connectivity index (χ0) is 13.1. The second-order valence-electron chi connectivity index (χ2n) is 3.94. The Hall–Kier alpha value is -1.55. The van der Waals surface area contributed by atoms with Crippen molar-refractivity contribution in [3.8, 4) is 0 Å². The highest BCUT2D eigenvalue weighted by molar-refractivity contribution is 6.34. The lowest BCUT2D eigenvalue weighted by Gasteiger charge is -2.21. The minimum absolute atomic E-state index is 0.0110. The van der Waals surface area contributed by atoms with Gasteiger partial charge in [-0.1, -0.05) is 24.3 Å². The second kappa shape index (κ2) is 5.19. The quantitative estimate of drug-likeness (QED) is 0.791. The largest absolute Gasteiger partial charge is 0.481 e. The maximum atomic E-state index is 11.1. The molecule has 17 heavy (non-hydrogen) atoms. The number of alkyl halides is 1. The van der Waals surface area contributed by atoms with Crippen LogP contribution in [-0.2, 0) is 16.0 Å². The number of halogens is 1. The van der Waals surface area contributed by atoms with Gasteiger partial charge in [0.2, 0.25) is 0 Å². The van der Waals surface area contributed by atoms with E-state index < -0.39 is 23.2 Å². The molecule has 0 saturated carbocycles. The molecule has 1 aromatic rings. The van der Waals surface area contributed by atoms with Crippen molar-refractivity contribution < 1.29 is 19.8 Å². The molecule has 1 aromatic carbocycles. The Morgan fingerprint density at radius 1 is 1.29 bits per heavy atom. The van der Waals surface area contributed by atoms with Gasteiger partial charge in [-0.05, 0) is 18.1 Å². The first-order valence-electron chi connectivity index (χ1n) is 5.04. The van der Waals surface area contributed by atoms with Crippen molar-refractivity contribution in [2.24, 2.45) is 0 Å². The number of aliphatic carboxylic acids is 2. The fourth-order valence-electron chi connectivity index (χ4n) is 1.56. The van der Waals surface area contributed by atoms with Crippen LogP contribution < -0.4 is 0 Å². The van der Waals surface area contributed by atoms with Gasteiger partial charge in [0, 0.05) is 6.42 Å². The second-order valence-corrected chi connectivity index (χ2v) is 4.67. The number of carbonyl (C=O) groups is 2. The Bertz CT molecular complexity index is 444. The first kappa shape index (κ1) is 13.5. The van der Waals surface area contributed by atoms with Gasteiger partial charge in [-0.15, -0.1) is 11.6 Å². The standard InChI is InChI=1S/C12H13ClO4/c1-8-4-2-3-5-9(8)6-12(13,11(16)17)7-10(14)15/h2-5H,6-7H2,1H3,(H,14,15)(H,16,17). The fraction of sp³-hybridized carbons (Fsp3) is 0.333. The van der Waals surface area contributed by atoms with Crippen LogP contribution in [0.1, 0.15) is 17.5 Å². The molecule has 0 aliphatic rings. The Labute approximate surface area is 104 Å². The Morgan fingerprint density at radius 2 is 1.88 bits per heavy atom. The van der Waals surface area contributed by atoms with E-state index in [9.17, 15) is 9.59 Å². The topological polar surface area (TPSA) is 74.6 Å². The van der Waals surface area contributed by atoms with E-state index in [1.54, 1.807) is 12.1 Å². The Kier molecular flexibility index (Phi) is 4.12. The van der Waals surface area contributed by atoms with Crippen LogP contribution in [0.2, 0.25) is 0 Å². The number of carboxylic acid groups (broad SMARTS) is 2. The third kappa shape index (κ3) is 3.46. The van der Waals surface area contributed by atoms with E-state index in [-0.39, 0.29) is 6.42 Å². The van der Waals surface area contributed by atoms with Crippen LogP contribution >= 0.6 is 11.6 Å². The molecule has 0 aromatic heterocycles. The predicted octanol–water partition coefficient (Wildman–Crippen LogP) is 2.07. The monoisotopic (exact) mass is 256 g/mol. The third-order valence-electron chi connectivity index (χ3n) is 2.55. The average molecular weight is 257 g/mol. The number of hydrogen-bond donors (Lipinski definition) is 2. The highest BCUT2D eigenvalue weighted by atomic mass is 35.5. The van der Waals surface area contributed by atoms with E-state index in [2.05, 4.69) is 0 Å². The molecule has 0 radical (unpaired) electrons. The van der Waals surface area contributed by atoms with E-state index in [0.29, 0.717) is 0 Å². The van der Waals surface area contributed by atoms with E-state index in [0.717, 1.165) is 11.1 Å². The van der Waals surface area contributed by atoms with Crippen molar-refractivity contribution in [2.75, 3.05) is 0 Å². The van der Waals surface area contributed by atoms with E-state index >= 15 is 0 Å². The summed E-state index contributed by atoms with van der Waals surface area (Å²) >= 11 is 5.90. The summed E-state index contributed by atoms with van der Waals surface area (Å²) in [6.07, 6.45) is -0.624. The zero-order valence-electron chi connectivity index (χ0n) is 9.31. The van der Waals surface area contributed by atoms with Gasteiger partial charge >= 0.3 is 11.9 Å². The smallest absolute Gasteiger partial charge is 0.325 e. The van der Waals surface area contributed by atoms with E-state index in [4.69, 9.17) is 21.8 Å². The molecule has 0 saturated heterocycles. The number of benzene rings is 1. The molecule has 1 unspecified atom stereocenters. The molecule has 0 aliphatic carbocycles. The van der Waals surface area contributed by atoms with Gasteiger partial charge < -0.3 is 10.2 Å². The lowest BCUT2D eigenvalue weighted by Crippen LogP contribution is -2.37. The van der Waals surface area contributed by atoms with Gasteiger partial charge in [0.25, 0.3) is 0 Å². The molecule has 2 N–H and O–H groups in total. The summed E-state index contributed by atoms with van der Waals surface area (Å²) in [4.78, 5) is 19.9. The van der Waals surface area contributed by atoms with Crippen LogP contribution in [-0.4, -0.2) is 27.0 Å². The Balaban J connectivity index is 2.99. The summed E-state index contributed by atoms with van der Waals surface area (Å²) in [6.45, 7) is 1.83. The molecule has 0 bridgehead atoms. The molecule has 5 heteroatoms. The molecule has 1 atom stereocenters. The number of aryl methyl sites for hydroxylation is 1. The molecular formula is C12H13ClO4. The van der Waals surface area contributed by atoms with Gasteiger partial charge in [-0.2, -0.15) is 0 Å². The highest BCUT2D eigenvalue weighted by Crippen LogP contribution is 2.27. The summed E-state index contributed by atoms with van der Waals surface area (Å²) in [7, 11) is 0. The highest BCUT2D eigenvalue weighted by Gasteiger charge is 2.39. The van der Waals surface area contributed by atoms with Crippen LogP contribution in [0, 0.1) is 6.92 Å². The molecular weight excluding hydrogens is 244 g/mol. The van der Waals surface area contributed by atoms with E-state index in [1.807, 2.05) is 19.1 Å².